The topological polar surface area (TPSA) is 74.4 Å². The zero-order valence-corrected chi connectivity index (χ0v) is 11.8. The van der Waals surface area contributed by atoms with Crippen molar-refractivity contribution in [3.8, 4) is 0 Å². The van der Waals surface area contributed by atoms with E-state index in [9.17, 15) is 9.59 Å². The van der Waals surface area contributed by atoms with Crippen molar-refractivity contribution in [1.82, 2.24) is 0 Å². The van der Waals surface area contributed by atoms with Gasteiger partial charge in [0.25, 0.3) is 0 Å². The van der Waals surface area contributed by atoms with Gasteiger partial charge in [-0.2, -0.15) is 0 Å². The van der Waals surface area contributed by atoms with Gasteiger partial charge in [-0.05, 0) is 13.8 Å². The predicted molar refractivity (Wildman–Crippen MR) is 64.5 cm³/mol. The minimum Gasteiger partial charge on any atom is -0.463 e. The number of epoxide rings is 1. The van der Waals surface area contributed by atoms with Crippen LogP contribution in [0.25, 0.3) is 0 Å². The summed E-state index contributed by atoms with van der Waals surface area (Å²) in [6.07, 6.45) is 0.525. The van der Waals surface area contributed by atoms with Crippen LogP contribution in [0.4, 0.5) is 0 Å². The SMILES string of the molecule is CC(=O)OCC1(COC(C)=O)CC2(C)OC2(C)CO1. The van der Waals surface area contributed by atoms with Crippen molar-refractivity contribution >= 4 is 11.9 Å². The van der Waals surface area contributed by atoms with Gasteiger partial charge in [-0.1, -0.05) is 0 Å². The van der Waals surface area contributed by atoms with E-state index in [2.05, 4.69) is 0 Å². The van der Waals surface area contributed by atoms with Gasteiger partial charge in [0.05, 0.1) is 6.61 Å². The van der Waals surface area contributed by atoms with Crippen LogP contribution in [0, 0.1) is 0 Å². The van der Waals surface area contributed by atoms with E-state index in [1.54, 1.807) is 0 Å². The fraction of sp³-hybridized carbons (Fsp3) is 0.846. The molecule has 0 aromatic rings. The number of ether oxygens (including phenoxy) is 4. The lowest BCUT2D eigenvalue weighted by molar-refractivity contribution is -0.180. The molecule has 2 aliphatic heterocycles. The Bertz CT molecular complexity index is 388. The first-order chi connectivity index (χ1) is 8.70. The van der Waals surface area contributed by atoms with Crippen LogP contribution in [0.3, 0.4) is 0 Å². The average Bonchev–Trinajstić information content (AvgIpc) is 2.86. The van der Waals surface area contributed by atoms with Gasteiger partial charge in [0.2, 0.25) is 0 Å². The number of hydrogen-bond acceptors (Lipinski definition) is 6. The van der Waals surface area contributed by atoms with Crippen LogP contribution >= 0.6 is 0 Å². The molecule has 19 heavy (non-hydrogen) atoms. The summed E-state index contributed by atoms with van der Waals surface area (Å²) in [5.74, 6) is -0.776. The van der Waals surface area contributed by atoms with Gasteiger partial charge in [0, 0.05) is 20.3 Å². The quantitative estimate of drug-likeness (QED) is 0.557. The molecule has 2 heterocycles. The van der Waals surface area contributed by atoms with Crippen LogP contribution in [-0.4, -0.2) is 48.6 Å². The van der Waals surface area contributed by atoms with E-state index in [4.69, 9.17) is 18.9 Å². The molecule has 2 aliphatic rings. The zero-order chi connectivity index (χ0) is 14.3. The molecule has 0 amide bonds. The monoisotopic (exact) mass is 272 g/mol. The molecule has 0 saturated carbocycles. The van der Waals surface area contributed by atoms with Crippen molar-refractivity contribution in [1.29, 1.82) is 0 Å². The van der Waals surface area contributed by atoms with E-state index >= 15 is 0 Å². The second kappa shape index (κ2) is 4.45. The maximum Gasteiger partial charge on any atom is 0.302 e. The Balaban J connectivity index is 2.06. The van der Waals surface area contributed by atoms with E-state index in [0.29, 0.717) is 13.0 Å². The molecule has 6 heteroatoms. The zero-order valence-electron chi connectivity index (χ0n) is 11.8. The molecule has 2 saturated heterocycles. The summed E-state index contributed by atoms with van der Waals surface area (Å²) in [7, 11) is 0. The second-order valence-electron chi connectivity index (χ2n) is 5.77. The average molecular weight is 272 g/mol. The normalized spacial score (nSPS) is 35.2. The highest BCUT2D eigenvalue weighted by Gasteiger charge is 2.70. The van der Waals surface area contributed by atoms with E-state index in [1.165, 1.54) is 13.8 Å². The first-order valence-corrected chi connectivity index (χ1v) is 6.31. The molecule has 0 aliphatic carbocycles. The number of esters is 2. The number of fused-ring (bicyclic) bond motifs is 1. The number of carbonyl (C=O) groups is 2. The van der Waals surface area contributed by atoms with E-state index in [-0.39, 0.29) is 36.4 Å². The third kappa shape index (κ3) is 2.74. The number of carbonyl (C=O) groups excluding carboxylic acids is 2. The van der Waals surface area contributed by atoms with Crippen molar-refractivity contribution in [2.75, 3.05) is 19.8 Å². The molecular formula is C13H20O6. The smallest absolute Gasteiger partial charge is 0.302 e. The number of rotatable bonds is 4. The van der Waals surface area contributed by atoms with Gasteiger partial charge in [-0.15, -0.1) is 0 Å². The van der Waals surface area contributed by atoms with Crippen molar-refractivity contribution in [3.05, 3.63) is 0 Å². The first-order valence-electron chi connectivity index (χ1n) is 6.31. The Kier molecular flexibility index (Phi) is 3.35. The van der Waals surface area contributed by atoms with Crippen LogP contribution in [0.5, 0.6) is 0 Å². The lowest BCUT2D eigenvalue weighted by atomic mass is 9.82. The third-order valence-electron chi connectivity index (χ3n) is 3.92. The van der Waals surface area contributed by atoms with Gasteiger partial charge in [0.15, 0.2) is 0 Å². The van der Waals surface area contributed by atoms with E-state index in [1.807, 2.05) is 13.8 Å². The summed E-state index contributed by atoms with van der Waals surface area (Å²) in [5, 5.41) is 0. The largest absolute Gasteiger partial charge is 0.463 e. The summed E-state index contributed by atoms with van der Waals surface area (Å²) in [6, 6.07) is 0. The van der Waals surface area contributed by atoms with Crippen LogP contribution in [-0.2, 0) is 28.5 Å². The Morgan fingerprint density at radius 3 is 2.00 bits per heavy atom. The van der Waals surface area contributed by atoms with E-state index in [0.717, 1.165) is 0 Å². The molecule has 6 nitrogen and oxygen atoms in total. The molecule has 0 aromatic heterocycles. The molecule has 0 aromatic carbocycles. The molecule has 0 spiro atoms. The molecule has 2 unspecified atom stereocenters. The van der Waals surface area contributed by atoms with Crippen molar-refractivity contribution in [3.63, 3.8) is 0 Å². The molecule has 2 rings (SSSR count). The van der Waals surface area contributed by atoms with Crippen molar-refractivity contribution in [2.24, 2.45) is 0 Å². The van der Waals surface area contributed by atoms with Gasteiger partial charge in [-0.3, -0.25) is 9.59 Å². The lowest BCUT2D eigenvalue weighted by Gasteiger charge is -2.38. The highest BCUT2D eigenvalue weighted by molar-refractivity contribution is 5.66. The minimum absolute atomic E-state index is 0.0602. The Hall–Kier alpha value is -1.14. The Morgan fingerprint density at radius 2 is 1.58 bits per heavy atom. The minimum atomic E-state index is -0.817. The Morgan fingerprint density at radius 1 is 1.05 bits per heavy atom. The summed E-state index contributed by atoms with van der Waals surface area (Å²) in [5.41, 5.74) is -1.42. The summed E-state index contributed by atoms with van der Waals surface area (Å²) in [4.78, 5) is 22.0. The number of hydrogen-bond donors (Lipinski definition) is 0. The van der Waals surface area contributed by atoms with Crippen molar-refractivity contribution in [2.45, 2.75) is 50.9 Å². The van der Waals surface area contributed by atoms with Gasteiger partial charge < -0.3 is 18.9 Å². The molecule has 2 fully saturated rings. The molecule has 0 N–H and O–H groups in total. The Labute approximate surface area is 112 Å². The standard InChI is InChI=1S/C13H20O6/c1-9(14)16-7-13(8-17-10(2)15)5-11(3)12(4,19-11)6-18-13/h5-8H2,1-4H3. The van der Waals surface area contributed by atoms with Gasteiger partial charge in [0.1, 0.15) is 30.0 Å². The first kappa shape index (κ1) is 14.3. The highest BCUT2D eigenvalue weighted by Crippen LogP contribution is 2.56. The van der Waals surface area contributed by atoms with Crippen LogP contribution < -0.4 is 0 Å². The highest BCUT2D eigenvalue weighted by atomic mass is 16.7. The van der Waals surface area contributed by atoms with Crippen LogP contribution in [0.15, 0.2) is 0 Å². The summed E-state index contributed by atoms with van der Waals surface area (Å²) in [6.45, 7) is 7.16. The summed E-state index contributed by atoms with van der Waals surface area (Å²) >= 11 is 0. The van der Waals surface area contributed by atoms with E-state index < -0.39 is 5.60 Å². The molecule has 2 atom stereocenters. The maximum absolute atomic E-state index is 11.0. The fourth-order valence-corrected chi connectivity index (χ4v) is 2.53. The fourth-order valence-electron chi connectivity index (χ4n) is 2.53. The van der Waals surface area contributed by atoms with Gasteiger partial charge in [-0.25, -0.2) is 0 Å². The molecule has 0 radical (unpaired) electrons. The summed E-state index contributed by atoms with van der Waals surface area (Å²) < 4.78 is 21.6. The van der Waals surface area contributed by atoms with Gasteiger partial charge >= 0.3 is 11.9 Å². The molecule has 108 valence electrons. The predicted octanol–water partition coefficient (Wildman–Crippen LogP) is 0.819. The molecular weight excluding hydrogens is 252 g/mol. The third-order valence-corrected chi connectivity index (χ3v) is 3.92. The second-order valence-corrected chi connectivity index (χ2v) is 5.77. The van der Waals surface area contributed by atoms with Crippen molar-refractivity contribution < 1.29 is 28.5 Å². The lowest BCUT2D eigenvalue weighted by Crippen LogP contribution is -2.53. The van der Waals surface area contributed by atoms with Crippen LogP contribution in [0.2, 0.25) is 0 Å². The maximum atomic E-state index is 11.0. The van der Waals surface area contributed by atoms with Crippen LogP contribution in [0.1, 0.15) is 34.1 Å². The molecule has 0 bridgehead atoms.